The van der Waals surface area contributed by atoms with Gasteiger partial charge in [-0.1, -0.05) is 6.07 Å². The quantitative estimate of drug-likeness (QED) is 0.668. The summed E-state index contributed by atoms with van der Waals surface area (Å²) < 4.78 is 43.5. The van der Waals surface area contributed by atoms with Crippen LogP contribution in [0.2, 0.25) is 0 Å². The average molecular weight is 444 g/mol. The number of thioether (sulfide) groups is 1. The molecule has 1 aromatic heterocycles. The lowest BCUT2D eigenvalue weighted by molar-refractivity contribution is -0.141. The van der Waals surface area contributed by atoms with E-state index in [0.29, 0.717) is 12.8 Å². The smallest absolute Gasteiger partial charge is 0.433 e. The maximum absolute atomic E-state index is 12.8. The molecule has 1 aliphatic rings. The molecule has 1 aromatic rings. The molecule has 1 aliphatic carbocycles. The molecule has 0 saturated heterocycles. The molecule has 0 bridgehead atoms. The molecule has 2 N–H and O–H groups in total. The number of nitriles is 1. The topological polar surface area (TPSA) is 104 Å². The van der Waals surface area contributed by atoms with Crippen LogP contribution in [0.25, 0.3) is 0 Å². The van der Waals surface area contributed by atoms with Gasteiger partial charge in [-0.25, -0.2) is 9.78 Å². The van der Waals surface area contributed by atoms with E-state index in [1.54, 1.807) is 20.8 Å². The Balaban J connectivity index is 2.01. The molecule has 11 heteroatoms. The number of hydrogen-bond donors (Lipinski definition) is 2. The van der Waals surface area contributed by atoms with Crippen molar-refractivity contribution in [1.82, 2.24) is 15.6 Å². The van der Waals surface area contributed by atoms with Crippen molar-refractivity contribution in [3.8, 4) is 6.07 Å². The van der Waals surface area contributed by atoms with Crippen LogP contribution in [0, 0.1) is 11.3 Å². The van der Waals surface area contributed by atoms with E-state index in [1.165, 1.54) is 12.1 Å². The van der Waals surface area contributed by atoms with Crippen molar-refractivity contribution >= 4 is 23.8 Å². The van der Waals surface area contributed by atoms with E-state index in [2.05, 4.69) is 15.6 Å². The van der Waals surface area contributed by atoms with Crippen molar-refractivity contribution in [3.05, 3.63) is 29.6 Å². The minimum absolute atomic E-state index is 0.0600. The van der Waals surface area contributed by atoms with Gasteiger partial charge in [-0.05, 0) is 45.7 Å². The van der Waals surface area contributed by atoms with Crippen LogP contribution < -0.4 is 10.6 Å². The zero-order valence-electron chi connectivity index (χ0n) is 16.8. The highest BCUT2D eigenvalue weighted by Crippen LogP contribution is 2.34. The fraction of sp³-hybridized carbons (Fsp3) is 0.579. The Morgan fingerprint density at radius 2 is 2.00 bits per heavy atom. The molecular weight excluding hydrogens is 421 g/mol. The van der Waals surface area contributed by atoms with Crippen molar-refractivity contribution in [2.45, 2.75) is 62.7 Å². The Morgan fingerprint density at radius 1 is 1.33 bits per heavy atom. The molecule has 164 valence electrons. The molecule has 7 nitrogen and oxygen atoms in total. The van der Waals surface area contributed by atoms with Crippen molar-refractivity contribution in [2.75, 3.05) is 5.75 Å². The van der Waals surface area contributed by atoms with E-state index < -0.39 is 41.1 Å². The Hall–Kier alpha value is -2.48. The maximum atomic E-state index is 12.8. The molecule has 2 rings (SSSR count). The van der Waals surface area contributed by atoms with Crippen molar-refractivity contribution in [3.63, 3.8) is 0 Å². The van der Waals surface area contributed by atoms with Crippen molar-refractivity contribution in [2.24, 2.45) is 0 Å². The highest BCUT2D eigenvalue weighted by atomic mass is 32.2. The molecule has 1 saturated carbocycles. The Kier molecular flexibility index (Phi) is 7.23. The molecule has 0 radical (unpaired) electrons. The number of carbonyl (C=O) groups is 2. The van der Waals surface area contributed by atoms with Gasteiger partial charge in [-0.2, -0.15) is 30.2 Å². The van der Waals surface area contributed by atoms with Crippen molar-refractivity contribution < 1.29 is 27.5 Å². The fourth-order valence-corrected chi connectivity index (χ4v) is 3.30. The SMILES string of the molecule is CC(C)(C)OC(=O)NC(CSCc1cccc(C(F)(F)F)n1)C(=O)NC1(C#N)CC1. The van der Waals surface area contributed by atoms with E-state index in [0.717, 1.165) is 17.8 Å². The number of nitrogens with one attached hydrogen (secondary N) is 2. The van der Waals surface area contributed by atoms with Gasteiger partial charge in [0.05, 0.1) is 11.8 Å². The van der Waals surface area contributed by atoms with Gasteiger partial charge in [-0.3, -0.25) is 4.79 Å². The number of hydrogen-bond acceptors (Lipinski definition) is 6. The van der Waals surface area contributed by atoms with Crippen LogP contribution in [0.1, 0.15) is 45.0 Å². The number of alkyl carbamates (subject to hydrolysis) is 1. The molecule has 1 unspecified atom stereocenters. The van der Waals surface area contributed by atoms with E-state index in [9.17, 15) is 22.8 Å². The largest absolute Gasteiger partial charge is 0.444 e. The zero-order valence-corrected chi connectivity index (χ0v) is 17.6. The van der Waals surface area contributed by atoms with Crippen LogP contribution in [0.3, 0.4) is 0 Å². The maximum Gasteiger partial charge on any atom is 0.433 e. The minimum Gasteiger partial charge on any atom is -0.444 e. The summed E-state index contributed by atoms with van der Waals surface area (Å²) in [6.45, 7) is 5.01. The average Bonchev–Trinajstić information content (AvgIpc) is 3.39. The van der Waals surface area contributed by atoms with E-state index in [4.69, 9.17) is 10.00 Å². The number of pyridine rings is 1. The van der Waals surface area contributed by atoms with Crippen molar-refractivity contribution in [1.29, 1.82) is 5.26 Å². The number of ether oxygens (including phenoxy) is 1. The first-order chi connectivity index (χ1) is 13.8. The Morgan fingerprint density at radius 3 is 2.53 bits per heavy atom. The normalized spacial score (nSPS) is 16.2. The van der Waals surface area contributed by atoms with Crippen LogP contribution in [-0.4, -0.2) is 39.9 Å². The number of amides is 2. The van der Waals surface area contributed by atoms with E-state index >= 15 is 0 Å². The predicted octanol–water partition coefficient (Wildman–Crippen LogP) is 3.40. The van der Waals surface area contributed by atoms with Crippen LogP contribution in [0.4, 0.5) is 18.0 Å². The van der Waals surface area contributed by atoms with Crippen LogP contribution >= 0.6 is 11.8 Å². The van der Waals surface area contributed by atoms with Gasteiger partial charge in [0.2, 0.25) is 5.91 Å². The Labute approximate surface area is 176 Å². The summed E-state index contributed by atoms with van der Waals surface area (Å²) in [6.07, 6.45) is -4.30. The first-order valence-electron chi connectivity index (χ1n) is 9.17. The summed E-state index contributed by atoms with van der Waals surface area (Å²) in [6, 6.07) is 4.60. The lowest BCUT2D eigenvalue weighted by Crippen LogP contribution is -2.52. The minimum atomic E-state index is -4.54. The summed E-state index contributed by atoms with van der Waals surface area (Å²) in [5.74, 6) is -0.387. The van der Waals surface area contributed by atoms with E-state index in [-0.39, 0.29) is 17.2 Å². The summed E-state index contributed by atoms with van der Waals surface area (Å²) in [7, 11) is 0. The summed E-state index contributed by atoms with van der Waals surface area (Å²) >= 11 is 1.13. The standard InChI is InChI=1S/C19H23F3N4O3S/c1-17(2,3)29-16(28)25-13(15(27)26-18(11-23)7-8-18)10-30-9-12-5-4-6-14(24-12)19(20,21)22/h4-6,13H,7-10H2,1-3H3,(H,25,28)(H,26,27). The van der Waals surface area contributed by atoms with Gasteiger partial charge in [0.1, 0.15) is 22.9 Å². The molecule has 0 spiro atoms. The number of aromatic nitrogens is 1. The van der Waals surface area contributed by atoms with Gasteiger partial charge in [-0.15, -0.1) is 0 Å². The van der Waals surface area contributed by atoms with E-state index in [1.807, 2.05) is 6.07 Å². The number of nitrogens with zero attached hydrogens (tertiary/aromatic N) is 2. The van der Waals surface area contributed by atoms with Crippen LogP contribution in [-0.2, 0) is 21.5 Å². The fourth-order valence-electron chi connectivity index (χ4n) is 2.34. The molecule has 2 amide bonds. The number of halogens is 3. The molecular formula is C19H23F3N4O3S. The number of alkyl halides is 3. The molecule has 1 heterocycles. The van der Waals surface area contributed by atoms with Gasteiger partial charge in [0.25, 0.3) is 0 Å². The van der Waals surface area contributed by atoms with Gasteiger partial charge < -0.3 is 15.4 Å². The second kappa shape index (κ2) is 9.12. The lowest BCUT2D eigenvalue weighted by atomic mass is 10.2. The summed E-state index contributed by atoms with van der Waals surface area (Å²) in [5.41, 5.74) is -2.49. The van der Waals surface area contributed by atoms with Gasteiger partial charge in [0, 0.05) is 11.5 Å². The highest BCUT2D eigenvalue weighted by molar-refractivity contribution is 7.98. The highest BCUT2D eigenvalue weighted by Gasteiger charge is 2.45. The Bertz CT molecular complexity index is 830. The monoisotopic (exact) mass is 444 g/mol. The van der Waals surface area contributed by atoms with Crippen LogP contribution in [0.5, 0.6) is 0 Å². The number of carbonyl (C=O) groups excluding carboxylic acids is 2. The third-order valence-corrected chi connectivity index (χ3v) is 5.03. The second-order valence-corrected chi connectivity index (χ2v) is 8.94. The number of rotatable bonds is 7. The lowest BCUT2D eigenvalue weighted by Gasteiger charge is -2.24. The molecule has 0 aliphatic heterocycles. The molecule has 30 heavy (non-hydrogen) atoms. The summed E-state index contributed by atoms with van der Waals surface area (Å²) in [4.78, 5) is 28.2. The molecule has 1 fully saturated rings. The summed E-state index contributed by atoms with van der Waals surface area (Å²) in [5, 5.41) is 14.2. The third-order valence-electron chi connectivity index (χ3n) is 3.97. The predicted molar refractivity (Wildman–Crippen MR) is 104 cm³/mol. The second-order valence-electron chi connectivity index (χ2n) is 7.91. The zero-order chi connectivity index (χ0) is 22.6. The first-order valence-corrected chi connectivity index (χ1v) is 10.3. The third kappa shape index (κ3) is 7.40. The van der Waals surface area contributed by atoms with Crippen LogP contribution in [0.15, 0.2) is 18.2 Å². The first kappa shape index (κ1) is 23.8. The van der Waals surface area contributed by atoms with Gasteiger partial charge >= 0.3 is 12.3 Å². The van der Waals surface area contributed by atoms with Gasteiger partial charge in [0.15, 0.2) is 0 Å². The molecule has 1 atom stereocenters. The molecule has 0 aromatic carbocycles.